The van der Waals surface area contributed by atoms with Crippen molar-refractivity contribution in [3.8, 4) is 23.1 Å². The maximum Gasteiger partial charge on any atom is 0.344 e. The Morgan fingerprint density at radius 2 is 2.00 bits per heavy atom. The molecule has 2 heterocycles. The molecule has 0 bridgehead atoms. The van der Waals surface area contributed by atoms with Gasteiger partial charge in [0.15, 0.2) is 23.4 Å². The summed E-state index contributed by atoms with van der Waals surface area (Å²) in [5.74, 6) is -0.0582. The summed E-state index contributed by atoms with van der Waals surface area (Å²) in [5.41, 5.74) is 1.24. The van der Waals surface area contributed by atoms with Gasteiger partial charge in [-0.05, 0) is 76.9 Å². The monoisotopic (exact) mass is 595 g/mol. The summed E-state index contributed by atoms with van der Waals surface area (Å²) in [6.07, 6.45) is 0.363. The van der Waals surface area contributed by atoms with Crippen LogP contribution in [0.5, 0.6) is 11.5 Å². The molecule has 3 aromatic carbocycles. The number of carbonyl (C=O) groups is 1. The normalized spacial score (nSPS) is 12.3. The molecule has 0 aliphatic rings. The highest BCUT2D eigenvalue weighted by atomic mass is 79.9. The van der Waals surface area contributed by atoms with Gasteiger partial charge >= 0.3 is 5.97 Å². The molecule has 0 fully saturated rings. The second kappa shape index (κ2) is 10.3. The van der Waals surface area contributed by atoms with Gasteiger partial charge in [-0.2, -0.15) is 9.78 Å². The first kappa shape index (κ1) is 25.5. The summed E-state index contributed by atoms with van der Waals surface area (Å²) in [7, 11) is 1.44. The molecule has 38 heavy (non-hydrogen) atoms. The third kappa shape index (κ3) is 4.88. The number of hydrogen-bond acceptors (Lipinski definition) is 7. The number of halogens is 2. The lowest BCUT2D eigenvalue weighted by Gasteiger charge is -2.16. The van der Waals surface area contributed by atoms with E-state index in [0.29, 0.717) is 37.3 Å². The van der Waals surface area contributed by atoms with Gasteiger partial charge in [-0.1, -0.05) is 23.7 Å². The molecule has 5 aromatic rings. The second-order valence-corrected chi connectivity index (χ2v) is 9.53. The molecular weight excluding hydrogens is 578 g/mol. The van der Waals surface area contributed by atoms with Crippen LogP contribution in [0.1, 0.15) is 12.5 Å². The van der Waals surface area contributed by atoms with E-state index < -0.39 is 12.1 Å². The van der Waals surface area contributed by atoms with Crippen LogP contribution in [0, 0.1) is 0 Å². The summed E-state index contributed by atoms with van der Waals surface area (Å²) >= 11 is 9.53. The van der Waals surface area contributed by atoms with Crippen LogP contribution in [0.3, 0.4) is 0 Å². The van der Waals surface area contributed by atoms with Gasteiger partial charge in [0, 0.05) is 10.4 Å². The quantitative estimate of drug-likeness (QED) is 0.230. The summed E-state index contributed by atoms with van der Waals surface area (Å²) in [6, 6.07) is 17.2. The number of aliphatic carboxylic acids is 1. The van der Waals surface area contributed by atoms with Crippen LogP contribution in [0.15, 0.2) is 79.4 Å². The van der Waals surface area contributed by atoms with Crippen molar-refractivity contribution < 1.29 is 23.8 Å². The number of nitrogens with zero attached hydrogens (tertiary/aromatic N) is 3. The molecule has 9 nitrogen and oxygen atoms in total. The van der Waals surface area contributed by atoms with Crippen molar-refractivity contribution in [1.29, 1.82) is 0 Å². The number of furan rings is 1. The van der Waals surface area contributed by atoms with E-state index in [2.05, 4.69) is 26.0 Å². The number of carboxylic acid groups (broad SMARTS) is 1. The van der Waals surface area contributed by atoms with Crippen LogP contribution in [0.25, 0.3) is 33.5 Å². The zero-order valence-electron chi connectivity index (χ0n) is 20.0. The minimum Gasteiger partial charge on any atom is -0.493 e. The maximum absolute atomic E-state index is 13.5. The average molecular weight is 597 g/mol. The summed E-state index contributed by atoms with van der Waals surface area (Å²) < 4.78 is 18.5. The predicted octanol–water partition coefficient (Wildman–Crippen LogP) is 5.97. The molecule has 2 aromatic heterocycles. The van der Waals surface area contributed by atoms with Gasteiger partial charge in [0.05, 0.1) is 28.7 Å². The zero-order valence-corrected chi connectivity index (χ0v) is 22.4. The smallest absolute Gasteiger partial charge is 0.344 e. The molecule has 0 amide bonds. The fourth-order valence-corrected chi connectivity index (χ4v) is 4.53. The highest BCUT2D eigenvalue weighted by molar-refractivity contribution is 9.10. The van der Waals surface area contributed by atoms with Gasteiger partial charge in [0.1, 0.15) is 5.58 Å². The lowest BCUT2D eigenvalue weighted by molar-refractivity contribution is -0.144. The van der Waals surface area contributed by atoms with Crippen LogP contribution in [0.4, 0.5) is 0 Å². The Bertz CT molecular complexity index is 1800. The summed E-state index contributed by atoms with van der Waals surface area (Å²) in [6.45, 7) is 1.41. The van der Waals surface area contributed by atoms with Crippen LogP contribution in [-0.4, -0.2) is 40.2 Å². The third-order valence-corrected chi connectivity index (χ3v) is 6.49. The first-order valence-corrected chi connectivity index (χ1v) is 12.4. The number of rotatable bonds is 7. The molecule has 11 heteroatoms. The van der Waals surface area contributed by atoms with Crippen molar-refractivity contribution >= 4 is 61.6 Å². The van der Waals surface area contributed by atoms with Crippen molar-refractivity contribution in [2.24, 2.45) is 5.10 Å². The van der Waals surface area contributed by atoms with E-state index in [-0.39, 0.29) is 22.9 Å². The molecule has 0 saturated carbocycles. The SMILES string of the molecule is COc1cc(C=Nn2c(-c3cc4cc(Cl)ccc4o3)nc3ccccc3c2=O)cc(Br)c1O[C@H](C)C(=O)O. The van der Waals surface area contributed by atoms with Crippen molar-refractivity contribution in [1.82, 2.24) is 9.66 Å². The van der Waals surface area contributed by atoms with E-state index in [1.165, 1.54) is 24.9 Å². The summed E-state index contributed by atoms with van der Waals surface area (Å²) in [4.78, 5) is 29.4. The number of aromatic nitrogens is 2. The van der Waals surface area contributed by atoms with Crippen LogP contribution in [0.2, 0.25) is 5.02 Å². The van der Waals surface area contributed by atoms with E-state index in [9.17, 15) is 14.7 Å². The van der Waals surface area contributed by atoms with Gasteiger partial charge in [0.25, 0.3) is 5.56 Å². The molecule has 1 atom stereocenters. The molecule has 192 valence electrons. The lowest BCUT2D eigenvalue weighted by atomic mass is 10.2. The van der Waals surface area contributed by atoms with Crippen LogP contribution >= 0.6 is 27.5 Å². The fraction of sp³-hybridized carbons (Fsp3) is 0.111. The molecule has 0 spiro atoms. The highest BCUT2D eigenvalue weighted by Crippen LogP contribution is 2.37. The molecule has 0 aliphatic carbocycles. The Hall–Kier alpha value is -4.15. The van der Waals surface area contributed by atoms with Gasteiger partial charge in [-0.15, -0.1) is 0 Å². The molecular formula is C27H19BrClN3O6. The average Bonchev–Trinajstić information content (AvgIpc) is 3.32. The van der Waals surface area contributed by atoms with Gasteiger partial charge in [-0.25, -0.2) is 9.78 Å². The second-order valence-electron chi connectivity index (χ2n) is 8.24. The Morgan fingerprint density at radius 3 is 2.76 bits per heavy atom. The molecule has 0 radical (unpaired) electrons. The molecule has 0 aliphatic heterocycles. The number of benzene rings is 3. The Balaban J connectivity index is 1.63. The largest absolute Gasteiger partial charge is 0.493 e. The number of ether oxygens (including phenoxy) is 2. The predicted molar refractivity (Wildman–Crippen MR) is 148 cm³/mol. The zero-order chi connectivity index (χ0) is 27.0. The van der Waals surface area contributed by atoms with Crippen LogP contribution < -0.4 is 15.0 Å². The van der Waals surface area contributed by atoms with E-state index in [4.69, 9.17) is 25.5 Å². The van der Waals surface area contributed by atoms with Crippen molar-refractivity contribution in [3.63, 3.8) is 0 Å². The number of carboxylic acids is 1. The Morgan fingerprint density at radius 1 is 1.21 bits per heavy atom. The molecule has 5 rings (SSSR count). The Labute approximate surface area is 229 Å². The first-order valence-electron chi connectivity index (χ1n) is 11.3. The van der Waals surface area contributed by atoms with Crippen molar-refractivity contribution in [3.05, 3.63) is 86.1 Å². The molecule has 0 unspecified atom stereocenters. The van der Waals surface area contributed by atoms with Crippen LogP contribution in [-0.2, 0) is 4.79 Å². The van der Waals surface area contributed by atoms with E-state index in [1.807, 2.05) is 0 Å². The van der Waals surface area contributed by atoms with Crippen molar-refractivity contribution in [2.45, 2.75) is 13.0 Å². The van der Waals surface area contributed by atoms with Gasteiger partial charge in [0.2, 0.25) is 5.82 Å². The van der Waals surface area contributed by atoms with Crippen molar-refractivity contribution in [2.75, 3.05) is 7.11 Å². The number of para-hydroxylation sites is 1. The molecule has 0 saturated heterocycles. The minimum absolute atomic E-state index is 0.207. The van der Waals surface area contributed by atoms with E-state index in [1.54, 1.807) is 60.7 Å². The Kier molecular flexibility index (Phi) is 6.92. The van der Waals surface area contributed by atoms with E-state index in [0.717, 1.165) is 5.39 Å². The van der Waals surface area contributed by atoms with E-state index >= 15 is 0 Å². The number of fused-ring (bicyclic) bond motifs is 2. The van der Waals surface area contributed by atoms with Gasteiger partial charge in [-0.3, -0.25) is 4.79 Å². The minimum atomic E-state index is -1.12. The lowest BCUT2D eigenvalue weighted by Crippen LogP contribution is -2.23. The fourth-order valence-electron chi connectivity index (χ4n) is 3.79. The summed E-state index contributed by atoms with van der Waals surface area (Å²) in [5, 5.41) is 15.3. The number of hydrogen-bond donors (Lipinski definition) is 1. The standard InChI is InChI=1S/C27H19BrClN3O6/c1-14(27(34)35)37-24-19(28)9-15(10-22(24)36-2)13-30-32-25(31-20-6-4-3-5-18(20)26(32)33)23-12-16-11-17(29)7-8-21(16)38-23/h3-14H,1-2H3,(H,34,35)/t14-/m1/s1. The highest BCUT2D eigenvalue weighted by Gasteiger charge is 2.20. The molecule has 1 N–H and O–H groups in total. The topological polar surface area (TPSA) is 116 Å². The third-order valence-electron chi connectivity index (χ3n) is 5.67. The van der Waals surface area contributed by atoms with Gasteiger partial charge < -0.3 is 19.0 Å². The first-order chi connectivity index (χ1) is 18.2. The maximum atomic E-state index is 13.5. The number of methoxy groups -OCH3 is 1.